The minimum atomic E-state index is -0.523. The molecule has 1 heterocycles. The topological polar surface area (TPSA) is 90.1 Å². The van der Waals surface area contributed by atoms with Crippen molar-refractivity contribution in [3.8, 4) is 11.5 Å². The van der Waals surface area contributed by atoms with Crippen molar-refractivity contribution in [2.75, 3.05) is 6.61 Å². The van der Waals surface area contributed by atoms with Crippen molar-refractivity contribution in [1.29, 1.82) is 0 Å². The zero-order chi connectivity index (χ0) is 22.1. The molecule has 158 valence electrons. The molecule has 1 aromatic heterocycles. The number of nitrogens with one attached hydrogen (secondary N) is 1. The average Bonchev–Trinajstić information content (AvgIpc) is 3.27. The van der Waals surface area contributed by atoms with Crippen molar-refractivity contribution in [2.45, 2.75) is 6.92 Å². The maximum absolute atomic E-state index is 11.9. The Bertz CT molecular complexity index is 1090. The molecule has 0 radical (unpaired) electrons. The number of hydrazone groups is 1. The lowest BCUT2D eigenvalue weighted by Gasteiger charge is -2.07. The molecule has 0 saturated carbocycles. The van der Waals surface area contributed by atoms with Crippen LogP contribution in [0.15, 0.2) is 80.9 Å². The molecule has 7 nitrogen and oxygen atoms in total. The first-order valence-corrected chi connectivity index (χ1v) is 10.0. The van der Waals surface area contributed by atoms with Crippen LogP contribution < -0.4 is 14.9 Å². The van der Waals surface area contributed by atoms with Crippen LogP contribution in [0.3, 0.4) is 0 Å². The summed E-state index contributed by atoms with van der Waals surface area (Å²) in [6.07, 6.45) is 5.79. The number of furan rings is 1. The van der Waals surface area contributed by atoms with Crippen LogP contribution >= 0.6 is 15.9 Å². The molecule has 0 bridgehead atoms. The second-order valence-electron chi connectivity index (χ2n) is 6.35. The van der Waals surface area contributed by atoms with Gasteiger partial charge in [-0.1, -0.05) is 6.07 Å². The third-order valence-electron chi connectivity index (χ3n) is 3.87. The highest BCUT2D eigenvalue weighted by Crippen LogP contribution is 2.25. The Morgan fingerprint density at radius 2 is 1.97 bits per heavy atom. The van der Waals surface area contributed by atoms with Gasteiger partial charge in [-0.05, 0) is 88.6 Å². The van der Waals surface area contributed by atoms with E-state index < -0.39 is 11.9 Å². The van der Waals surface area contributed by atoms with Gasteiger partial charge in [-0.3, -0.25) is 4.79 Å². The minimum absolute atomic E-state index is 0.167. The van der Waals surface area contributed by atoms with E-state index >= 15 is 0 Å². The maximum Gasteiger partial charge on any atom is 0.336 e. The monoisotopic (exact) mass is 482 g/mol. The molecule has 0 aliphatic heterocycles. The summed E-state index contributed by atoms with van der Waals surface area (Å²) in [7, 11) is 0. The lowest BCUT2D eigenvalue weighted by atomic mass is 10.2. The van der Waals surface area contributed by atoms with Crippen LogP contribution in [0, 0.1) is 6.92 Å². The zero-order valence-electron chi connectivity index (χ0n) is 16.6. The molecule has 3 aromatic rings. The highest BCUT2D eigenvalue weighted by atomic mass is 79.9. The van der Waals surface area contributed by atoms with Crippen LogP contribution in [0.1, 0.15) is 16.9 Å². The second-order valence-corrected chi connectivity index (χ2v) is 7.21. The van der Waals surface area contributed by atoms with Crippen LogP contribution in [-0.2, 0) is 9.59 Å². The van der Waals surface area contributed by atoms with Crippen molar-refractivity contribution in [2.24, 2.45) is 5.10 Å². The molecule has 8 heteroatoms. The summed E-state index contributed by atoms with van der Waals surface area (Å²) in [4.78, 5) is 23.7. The van der Waals surface area contributed by atoms with Crippen molar-refractivity contribution in [3.63, 3.8) is 0 Å². The number of carbonyl (C=O) groups excluding carboxylic acids is 2. The van der Waals surface area contributed by atoms with Gasteiger partial charge in [0.15, 0.2) is 6.61 Å². The van der Waals surface area contributed by atoms with Gasteiger partial charge in [-0.25, -0.2) is 10.2 Å². The first-order chi connectivity index (χ1) is 15.0. The fraction of sp³-hybridized carbons (Fsp3) is 0.0870. The van der Waals surface area contributed by atoms with E-state index in [0.717, 1.165) is 10.0 Å². The molecule has 0 fully saturated rings. The fourth-order valence-electron chi connectivity index (χ4n) is 2.39. The number of rotatable bonds is 8. The van der Waals surface area contributed by atoms with E-state index in [1.165, 1.54) is 24.6 Å². The first-order valence-electron chi connectivity index (χ1n) is 9.24. The van der Waals surface area contributed by atoms with Gasteiger partial charge >= 0.3 is 5.97 Å². The standard InChI is InChI=1S/C23H19BrN2O5/c1-16-4-10-21(20(24)13-16)30-15-22(27)26-25-14-17-5-7-19(8-6-17)31-23(28)11-9-18-3-2-12-29-18/h2-14H,15H2,1H3,(H,26,27). The van der Waals surface area contributed by atoms with Crippen molar-refractivity contribution < 1.29 is 23.5 Å². The zero-order valence-corrected chi connectivity index (χ0v) is 18.2. The Labute approximate surface area is 187 Å². The summed E-state index contributed by atoms with van der Waals surface area (Å²) in [5, 5.41) is 3.89. The molecule has 1 amide bonds. The quantitative estimate of drug-likeness (QED) is 0.168. The molecule has 31 heavy (non-hydrogen) atoms. The summed E-state index contributed by atoms with van der Waals surface area (Å²) < 4.78 is 16.5. The van der Waals surface area contributed by atoms with E-state index in [1.807, 2.05) is 19.1 Å². The predicted octanol–water partition coefficient (Wildman–Crippen LogP) is 4.50. The second kappa shape index (κ2) is 10.9. The predicted molar refractivity (Wildman–Crippen MR) is 120 cm³/mol. The number of benzene rings is 2. The molecule has 3 rings (SSSR count). The Hall–Kier alpha value is -3.65. The molecule has 0 spiro atoms. The van der Waals surface area contributed by atoms with Gasteiger partial charge in [-0.2, -0.15) is 5.10 Å². The number of esters is 1. The van der Waals surface area contributed by atoms with Crippen LogP contribution in [0.2, 0.25) is 0 Å². The van der Waals surface area contributed by atoms with E-state index in [0.29, 0.717) is 22.8 Å². The molecule has 0 atom stereocenters. The Morgan fingerprint density at radius 1 is 1.16 bits per heavy atom. The third kappa shape index (κ3) is 7.27. The molecule has 2 aromatic carbocycles. The van der Waals surface area contributed by atoms with E-state index in [9.17, 15) is 9.59 Å². The maximum atomic E-state index is 11.9. The number of nitrogens with zero attached hydrogens (tertiary/aromatic N) is 1. The van der Waals surface area contributed by atoms with Crippen molar-refractivity contribution in [1.82, 2.24) is 5.43 Å². The third-order valence-corrected chi connectivity index (χ3v) is 4.49. The molecule has 0 aliphatic rings. The summed E-state index contributed by atoms with van der Waals surface area (Å²) in [5.41, 5.74) is 4.19. The van der Waals surface area contributed by atoms with Gasteiger partial charge in [0.05, 0.1) is 17.0 Å². The van der Waals surface area contributed by atoms with Crippen LogP contribution in [0.4, 0.5) is 0 Å². The van der Waals surface area contributed by atoms with E-state index in [-0.39, 0.29) is 6.61 Å². The summed E-state index contributed by atoms with van der Waals surface area (Å²) in [6, 6.07) is 15.7. The summed E-state index contributed by atoms with van der Waals surface area (Å²) >= 11 is 3.39. The lowest BCUT2D eigenvalue weighted by molar-refractivity contribution is -0.129. The molecule has 0 unspecified atom stereocenters. The number of ether oxygens (including phenoxy) is 2. The Balaban J connectivity index is 1.43. The van der Waals surface area contributed by atoms with Gasteiger partial charge in [0, 0.05) is 6.08 Å². The number of hydrogen-bond acceptors (Lipinski definition) is 6. The number of aryl methyl sites for hydroxylation is 1. The molecular formula is C23H19BrN2O5. The normalized spacial score (nSPS) is 11.0. The molecular weight excluding hydrogens is 464 g/mol. The number of hydrogen-bond donors (Lipinski definition) is 1. The van der Waals surface area contributed by atoms with Crippen molar-refractivity contribution >= 4 is 40.1 Å². The van der Waals surface area contributed by atoms with Gasteiger partial charge in [-0.15, -0.1) is 0 Å². The SMILES string of the molecule is Cc1ccc(OCC(=O)NN=Cc2ccc(OC(=O)C=Cc3ccco3)cc2)c(Br)c1. The number of halogens is 1. The molecule has 1 N–H and O–H groups in total. The largest absolute Gasteiger partial charge is 0.483 e. The van der Waals surface area contributed by atoms with E-state index in [4.69, 9.17) is 13.9 Å². The fourth-order valence-corrected chi connectivity index (χ4v) is 2.99. The highest BCUT2D eigenvalue weighted by molar-refractivity contribution is 9.10. The number of amides is 1. The van der Waals surface area contributed by atoms with Gasteiger partial charge in [0.2, 0.25) is 0 Å². The van der Waals surface area contributed by atoms with Crippen LogP contribution in [0.25, 0.3) is 6.08 Å². The molecule has 0 saturated heterocycles. The van der Waals surface area contributed by atoms with Crippen LogP contribution in [-0.4, -0.2) is 24.7 Å². The average molecular weight is 483 g/mol. The first kappa shape index (κ1) is 22.0. The summed E-state index contributed by atoms with van der Waals surface area (Å²) in [6.45, 7) is 1.80. The Kier molecular flexibility index (Phi) is 7.78. The van der Waals surface area contributed by atoms with Gasteiger partial charge in [0.25, 0.3) is 5.91 Å². The lowest BCUT2D eigenvalue weighted by Crippen LogP contribution is -2.24. The number of carbonyl (C=O) groups is 2. The van der Waals surface area contributed by atoms with E-state index in [1.54, 1.807) is 42.5 Å². The smallest absolute Gasteiger partial charge is 0.336 e. The van der Waals surface area contributed by atoms with Gasteiger partial charge in [0.1, 0.15) is 17.3 Å². The highest BCUT2D eigenvalue weighted by Gasteiger charge is 2.05. The van der Waals surface area contributed by atoms with Crippen LogP contribution in [0.5, 0.6) is 11.5 Å². The minimum Gasteiger partial charge on any atom is -0.483 e. The summed E-state index contributed by atoms with van der Waals surface area (Å²) in [5.74, 6) is 0.603. The van der Waals surface area contributed by atoms with Gasteiger partial charge < -0.3 is 13.9 Å². The van der Waals surface area contributed by atoms with Crippen molar-refractivity contribution in [3.05, 3.63) is 88.3 Å². The molecule has 0 aliphatic carbocycles. The Morgan fingerprint density at radius 3 is 2.68 bits per heavy atom. The van der Waals surface area contributed by atoms with E-state index in [2.05, 4.69) is 26.5 Å².